The average molecular weight is 442 g/mol. The van der Waals surface area contributed by atoms with Crippen molar-refractivity contribution in [3.05, 3.63) is 69.5 Å². The fourth-order valence-corrected chi connectivity index (χ4v) is 3.33. The molecule has 158 valence electrons. The predicted molar refractivity (Wildman–Crippen MR) is 113 cm³/mol. The molecule has 2 aromatic carbocycles. The smallest absolute Gasteiger partial charge is 0.427 e. The highest BCUT2D eigenvalue weighted by Gasteiger charge is 2.26. The van der Waals surface area contributed by atoms with Crippen LogP contribution in [0.4, 0.5) is 5.82 Å². The summed E-state index contributed by atoms with van der Waals surface area (Å²) in [5.41, 5.74) is 1.24. The Morgan fingerprint density at radius 1 is 1.29 bits per heavy atom. The van der Waals surface area contributed by atoms with Gasteiger partial charge in [0.15, 0.2) is 0 Å². The van der Waals surface area contributed by atoms with Gasteiger partial charge in [-0.25, -0.2) is 4.79 Å². The predicted octanol–water partition coefficient (Wildman–Crippen LogP) is 5.36. The zero-order chi connectivity index (χ0) is 22.1. The lowest BCUT2D eigenvalue weighted by atomic mass is 10.1. The number of fused-ring (bicyclic) bond motifs is 1. The SMILES string of the molecule is CCOC(=O)c1c(-c2cccc(Cl)c2)oc2ccc(Oc3c([N+](=O)[O-])ncn3C)cc12. The van der Waals surface area contributed by atoms with Crippen molar-refractivity contribution in [2.75, 3.05) is 6.61 Å². The number of hydrogen-bond donors (Lipinski definition) is 0. The van der Waals surface area contributed by atoms with Gasteiger partial charge in [-0.3, -0.25) is 4.57 Å². The van der Waals surface area contributed by atoms with Gasteiger partial charge in [0, 0.05) is 23.0 Å². The van der Waals surface area contributed by atoms with Crippen molar-refractivity contribution in [3.8, 4) is 23.0 Å². The lowest BCUT2D eigenvalue weighted by Crippen LogP contribution is -2.05. The van der Waals surface area contributed by atoms with Gasteiger partial charge in [-0.1, -0.05) is 23.7 Å². The molecule has 0 saturated carbocycles. The third-order valence-corrected chi connectivity index (χ3v) is 4.71. The molecule has 9 nitrogen and oxygen atoms in total. The first kappa shape index (κ1) is 20.4. The molecule has 0 aliphatic heterocycles. The van der Waals surface area contributed by atoms with Crippen LogP contribution in [0.1, 0.15) is 17.3 Å². The Labute approximate surface area is 180 Å². The van der Waals surface area contributed by atoms with E-state index in [4.69, 9.17) is 25.5 Å². The second-order valence-corrected chi connectivity index (χ2v) is 6.97. The van der Waals surface area contributed by atoms with Crippen molar-refractivity contribution in [3.63, 3.8) is 0 Å². The maximum atomic E-state index is 12.8. The molecule has 0 atom stereocenters. The topological polar surface area (TPSA) is 110 Å². The molecule has 0 aliphatic carbocycles. The van der Waals surface area contributed by atoms with Gasteiger partial charge >= 0.3 is 17.7 Å². The fraction of sp³-hybridized carbons (Fsp3) is 0.143. The number of nitrogens with zero attached hydrogens (tertiary/aromatic N) is 3. The molecule has 0 bridgehead atoms. The number of carbonyl (C=O) groups excluding carboxylic acids is 1. The number of hydrogen-bond acceptors (Lipinski definition) is 7. The molecule has 0 N–H and O–H groups in total. The van der Waals surface area contributed by atoms with Crippen LogP contribution in [0.2, 0.25) is 5.02 Å². The maximum Gasteiger partial charge on any atom is 0.427 e. The summed E-state index contributed by atoms with van der Waals surface area (Å²) in [4.78, 5) is 27.1. The van der Waals surface area contributed by atoms with Gasteiger partial charge in [0.25, 0.3) is 0 Å². The number of rotatable bonds is 6. The van der Waals surface area contributed by atoms with Crippen LogP contribution in [0.15, 0.2) is 53.2 Å². The van der Waals surface area contributed by atoms with Gasteiger partial charge < -0.3 is 24.0 Å². The Hall–Kier alpha value is -3.85. The molecule has 0 spiro atoms. The highest BCUT2D eigenvalue weighted by molar-refractivity contribution is 6.30. The summed E-state index contributed by atoms with van der Waals surface area (Å²) in [5, 5.41) is 12.1. The maximum absolute atomic E-state index is 12.8. The molecule has 31 heavy (non-hydrogen) atoms. The van der Waals surface area contributed by atoms with Crippen LogP contribution in [-0.4, -0.2) is 27.1 Å². The number of ether oxygens (including phenoxy) is 2. The van der Waals surface area contributed by atoms with E-state index in [0.29, 0.717) is 27.3 Å². The molecule has 4 rings (SSSR count). The summed E-state index contributed by atoms with van der Waals surface area (Å²) in [7, 11) is 1.58. The summed E-state index contributed by atoms with van der Waals surface area (Å²) in [6.07, 6.45) is 1.28. The minimum atomic E-state index is -0.632. The highest BCUT2D eigenvalue weighted by atomic mass is 35.5. The van der Waals surface area contributed by atoms with E-state index in [1.54, 1.807) is 56.4 Å². The number of aromatic nitrogens is 2. The number of nitro groups is 1. The second-order valence-electron chi connectivity index (χ2n) is 6.54. The lowest BCUT2D eigenvalue weighted by Gasteiger charge is -2.06. The van der Waals surface area contributed by atoms with Crippen molar-refractivity contribution in [2.45, 2.75) is 6.92 Å². The third-order valence-electron chi connectivity index (χ3n) is 4.48. The van der Waals surface area contributed by atoms with E-state index in [9.17, 15) is 14.9 Å². The van der Waals surface area contributed by atoms with Crippen LogP contribution >= 0.6 is 11.6 Å². The van der Waals surface area contributed by atoms with Gasteiger partial charge in [-0.2, -0.15) is 0 Å². The van der Waals surface area contributed by atoms with Crippen LogP contribution in [0.3, 0.4) is 0 Å². The van der Waals surface area contributed by atoms with Gasteiger partial charge in [-0.05, 0) is 47.2 Å². The minimum Gasteiger partial charge on any atom is -0.462 e. The first-order chi connectivity index (χ1) is 14.9. The molecule has 0 fully saturated rings. The molecule has 10 heteroatoms. The van der Waals surface area contributed by atoms with Crippen LogP contribution in [0.25, 0.3) is 22.3 Å². The van der Waals surface area contributed by atoms with E-state index in [1.165, 1.54) is 10.9 Å². The van der Waals surface area contributed by atoms with Crippen molar-refractivity contribution in [2.24, 2.45) is 7.05 Å². The first-order valence-electron chi connectivity index (χ1n) is 9.22. The molecule has 0 saturated heterocycles. The van der Waals surface area contributed by atoms with Crippen LogP contribution in [0.5, 0.6) is 11.6 Å². The number of benzene rings is 2. The minimum absolute atomic E-state index is 0.0411. The number of halogens is 1. The number of imidazole rings is 1. The Balaban J connectivity index is 1.85. The van der Waals surface area contributed by atoms with E-state index in [1.807, 2.05) is 0 Å². The zero-order valence-corrected chi connectivity index (χ0v) is 17.3. The zero-order valence-electron chi connectivity index (χ0n) is 16.5. The van der Waals surface area contributed by atoms with Gasteiger partial charge in [0.2, 0.25) is 6.33 Å². The summed E-state index contributed by atoms with van der Waals surface area (Å²) in [5.74, 6) is -0.455. The Morgan fingerprint density at radius 3 is 2.81 bits per heavy atom. The summed E-state index contributed by atoms with van der Waals surface area (Å²) in [6.45, 7) is 1.88. The largest absolute Gasteiger partial charge is 0.462 e. The van der Waals surface area contributed by atoms with Crippen LogP contribution < -0.4 is 4.74 Å². The molecule has 0 aliphatic rings. The van der Waals surface area contributed by atoms with Crippen molar-refractivity contribution < 1.29 is 23.6 Å². The van der Waals surface area contributed by atoms with E-state index >= 15 is 0 Å². The number of aryl methyl sites for hydroxylation is 1. The fourth-order valence-electron chi connectivity index (χ4n) is 3.14. The molecule has 4 aromatic rings. The van der Waals surface area contributed by atoms with Gasteiger partial charge in [-0.15, -0.1) is 0 Å². The lowest BCUT2D eigenvalue weighted by molar-refractivity contribution is -0.390. The standard InChI is InChI=1S/C21H16ClN3O6/c1-3-29-21(26)17-15-10-14(30-20-19(25(27)28)23-11-24(20)2)7-8-16(15)31-18(17)12-5-4-6-13(22)9-12/h4-11H,3H2,1-2H3. The quantitative estimate of drug-likeness (QED) is 0.225. The van der Waals surface area contributed by atoms with Gasteiger partial charge in [0.1, 0.15) is 22.7 Å². The first-order valence-corrected chi connectivity index (χ1v) is 9.60. The van der Waals surface area contributed by atoms with Crippen LogP contribution in [0, 0.1) is 10.1 Å². The Bertz CT molecular complexity index is 1310. The molecule has 0 radical (unpaired) electrons. The highest BCUT2D eigenvalue weighted by Crippen LogP contribution is 2.38. The van der Waals surface area contributed by atoms with E-state index < -0.39 is 16.7 Å². The van der Waals surface area contributed by atoms with E-state index in [2.05, 4.69) is 4.98 Å². The summed E-state index contributed by atoms with van der Waals surface area (Å²) >= 11 is 6.11. The molecule has 2 aromatic heterocycles. The summed E-state index contributed by atoms with van der Waals surface area (Å²) < 4.78 is 18.3. The monoisotopic (exact) mass is 441 g/mol. The van der Waals surface area contributed by atoms with Crippen LogP contribution in [-0.2, 0) is 11.8 Å². The van der Waals surface area contributed by atoms with Gasteiger partial charge in [0.05, 0.1) is 6.61 Å². The molecule has 2 heterocycles. The molecule has 0 unspecified atom stereocenters. The second kappa shape index (κ2) is 8.11. The summed E-state index contributed by atoms with van der Waals surface area (Å²) in [6, 6.07) is 11.7. The number of esters is 1. The average Bonchev–Trinajstić information content (AvgIpc) is 3.29. The molecule has 0 amide bonds. The molecular weight excluding hydrogens is 426 g/mol. The Morgan fingerprint density at radius 2 is 2.10 bits per heavy atom. The number of carbonyl (C=O) groups is 1. The van der Waals surface area contributed by atoms with Crippen molar-refractivity contribution in [1.82, 2.24) is 9.55 Å². The van der Waals surface area contributed by atoms with Crippen molar-refractivity contribution >= 4 is 34.4 Å². The third kappa shape index (κ3) is 3.82. The number of furan rings is 1. The molecular formula is C21H16ClN3O6. The van der Waals surface area contributed by atoms with E-state index in [0.717, 1.165) is 0 Å². The van der Waals surface area contributed by atoms with Crippen molar-refractivity contribution in [1.29, 1.82) is 0 Å². The van der Waals surface area contributed by atoms with E-state index in [-0.39, 0.29) is 23.8 Å². The Kier molecular flexibility index (Phi) is 5.35. The normalized spacial score (nSPS) is 10.9.